The van der Waals surface area contributed by atoms with Gasteiger partial charge in [0.05, 0.1) is 12.7 Å². The largest absolute Gasteiger partial charge is 0.374 e. The van der Waals surface area contributed by atoms with Gasteiger partial charge in [0.15, 0.2) is 0 Å². The molecule has 0 spiro atoms. The van der Waals surface area contributed by atoms with E-state index < -0.39 is 0 Å². The van der Waals surface area contributed by atoms with Gasteiger partial charge in [-0.2, -0.15) is 0 Å². The molecule has 0 amide bonds. The summed E-state index contributed by atoms with van der Waals surface area (Å²) in [5.74, 6) is 0.802. The molecule has 1 saturated heterocycles. The van der Waals surface area contributed by atoms with Gasteiger partial charge in [-0.25, -0.2) is 0 Å². The highest BCUT2D eigenvalue weighted by Crippen LogP contribution is 2.11. The summed E-state index contributed by atoms with van der Waals surface area (Å²) in [5.41, 5.74) is 5.60. The molecule has 1 rings (SSSR count). The Hall–Kier alpha value is -0.120. The second-order valence-electron chi connectivity index (χ2n) is 4.38. The third kappa shape index (κ3) is 3.95. The maximum Gasteiger partial charge on any atom is 0.0824 e. The van der Waals surface area contributed by atoms with Gasteiger partial charge in [0.2, 0.25) is 0 Å². The van der Waals surface area contributed by atoms with E-state index in [9.17, 15) is 0 Å². The molecular formula is C11H24N2O. The number of hydrogen-bond donors (Lipinski definition) is 1. The van der Waals surface area contributed by atoms with Crippen LogP contribution in [0.4, 0.5) is 0 Å². The molecule has 0 aromatic rings. The SMILES string of the molecule is CCCC(C)CN1CCOC(CN)C1. The summed E-state index contributed by atoms with van der Waals surface area (Å²) in [7, 11) is 0. The van der Waals surface area contributed by atoms with E-state index in [-0.39, 0.29) is 6.10 Å². The van der Waals surface area contributed by atoms with Crippen LogP contribution in [0.25, 0.3) is 0 Å². The van der Waals surface area contributed by atoms with Crippen molar-refractivity contribution >= 4 is 0 Å². The van der Waals surface area contributed by atoms with Crippen molar-refractivity contribution in [3.63, 3.8) is 0 Å². The quantitative estimate of drug-likeness (QED) is 0.722. The monoisotopic (exact) mass is 200 g/mol. The predicted molar refractivity (Wildman–Crippen MR) is 59.3 cm³/mol. The molecule has 0 aromatic carbocycles. The van der Waals surface area contributed by atoms with Crippen molar-refractivity contribution in [3.05, 3.63) is 0 Å². The van der Waals surface area contributed by atoms with Crippen molar-refractivity contribution in [2.24, 2.45) is 11.7 Å². The predicted octanol–water partition coefficient (Wildman–Crippen LogP) is 1.08. The van der Waals surface area contributed by atoms with Gasteiger partial charge in [-0.05, 0) is 12.3 Å². The fourth-order valence-corrected chi connectivity index (χ4v) is 2.11. The number of nitrogens with two attached hydrogens (primary N) is 1. The van der Waals surface area contributed by atoms with Gasteiger partial charge in [-0.3, -0.25) is 4.90 Å². The molecule has 0 radical (unpaired) electrons. The zero-order chi connectivity index (χ0) is 10.4. The maximum atomic E-state index is 5.60. The first-order chi connectivity index (χ1) is 6.76. The standard InChI is InChI=1S/C11H24N2O/c1-3-4-10(2)8-13-5-6-14-11(7-12)9-13/h10-11H,3-9,12H2,1-2H3. The van der Waals surface area contributed by atoms with Gasteiger partial charge in [0.1, 0.15) is 0 Å². The Kier molecular flexibility index (Phi) is 5.45. The molecule has 3 heteroatoms. The molecule has 2 atom stereocenters. The van der Waals surface area contributed by atoms with E-state index in [4.69, 9.17) is 10.5 Å². The highest BCUT2D eigenvalue weighted by Gasteiger charge is 2.19. The highest BCUT2D eigenvalue weighted by atomic mass is 16.5. The van der Waals surface area contributed by atoms with Crippen LogP contribution in [0.1, 0.15) is 26.7 Å². The van der Waals surface area contributed by atoms with E-state index in [2.05, 4.69) is 18.7 Å². The van der Waals surface area contributed by atoms with E-state index in [1.807, 2.05) is 0 Å². The van der Waals surface area contributed by atoms with Crippen molar-refractivity contribution in [1.82, 2.24) is 4.90 Å². The van der Waals surface area contributed by atoms with Crippen LogP contribution in [0.15, 0.2) is 0 Å². The number of hydrogen-bond acceptors (Lipinski definition) is 3. The summed E-state index contributed by atoms with van der Waals surface area (Å²) in [6.07, 6.45) is 2.87. The zero-order valence-electron chi connectivity index (χ0n) is 9.54. The normalized spacial score (nSPS) is 26.4. The number of ether oxygens (including phenoxy) is 1. The second-order valence-corrected chi connectivity index (χ2v) is 4.38. The van der Waals surface area contributed by atoms with Crippen LogP contribution < -0.4 is 5.73 Å². The molecule has 2 unspecified atom stereocenters. The van der Waals surface area contributed by atoms with Crippen LogP contribution in [0, 0.1) is 5.92 Å². The van der Waals surface area contributed by atoms with Crippen LogP contribution in [0.3, 0.4) is 0 Å². The Bertz CT molecular complexity index is 152. The molecule has 1 fully saturated rings. The summed E-state index contributed by atoms with van der Waals surface area (Å²) >= 11 is 0. The number of morpholine rings is 1. The topological polar surface area (TPSA) is 38.5 Å². The lowest BCUT2D eigenvalue weighted by Crippen LogP contribution is -2.46. The summed E-state index contributed by atoms with van der Waals surface area (Å²) in [6.45, 7) is 9.37. The summed E-state index contributed by atoms with van der Waals surface area (Å²) in [5, 5.41) is 0. The first-order valence-corrected chi connectivity index (χ1v) is 5.80. The van der Waals surface area contributed by atoms with Crippen molar-refractivity contribution in [3.8, 4) is 0 Å². The van der Waals surface area contributed by atoms with Crippen molar-refractivity contribution in [2.45, 2.75) is 32.8 Å². The molecule has 2 N–H and O–H groups in total. The number of rotatable bonds is 5. The molecule has 1 aliphatic heterocycles. The van der Waals surface area contributed by atoms with E-state index in [0.29, 0.717) is 6.54 Å². The van der Waals surface area contributed by atoms with Crippen LogP contribution in [0.2, 0.25) is 0 Å². The van der Waals surface area contributed by atoms with Crippen LogP contribution in [-0.4, -0.2) is 43.8 Å². The molecule has 84 valence electrons. The lowest BCUT2D eigenvalue weighted by molar-refractivity contribution is -0.0273. The van der Waals surface area contributed by atoms with Gasteiger partial charge < -0.3 is 10.5 Å². The van der Waals surface area contributed by atoms with E-state index in [1.54, 1.807) is 0 Å². The molecule has 3 nitrogen and oxygen atoms in total. The Balaban J connectivity index is 2.22. The van der Waals surface area contributed by atoms with E-state index in [1.165, 1.54) is 19.4 Å². The highest BCUT2D eigenvalue weighted by molar-refractivity contribution is 4.73. The van der Waals surface area contributed by atoms with Gasteiger partial charge in [-0.15, -0.1) is 0 Å². The zero-order valence-corrected chi connectivity index (χ0v) is 9.54. The van der Waals surface area contributed by atoms with E-state index >= 15 is 0 Å². The van der Waals surface area contributed by atoms with Crippen LogP contribution >= 0.6 is 0 Å². The summed E-state index contributed by atoms with van der Waals surface area (Å²) in [4.78, 5) is 2.49. The second kappa shape index (κ2) is 6.38. The van der Waals surface area contributed by atoms with Gasteiger partial charge >= 0.3 is 0 Å². The van der Waals surface area contributed by atoms with Gasteiger partial charge in [0.25, 0.3) is 0 Å². The lowest BCUT2D eigenvalue weighted by Gasteiger charge is -2.33. The van der Waals surface area contributed by atoms with Crippen molar-refractivity contribution in [1.29, 1.82) is 0 Å². The molecular weight excluding hydrogens is 176 g/mol. The molecule has 1 heterocycles. The Morgan fingerprint density at radius 3 is 3.00 bits per heavy atom. The van der Waals surface area contributed by atoms with E-state index in [0.717, 1.165) is 25.6 Å². The first-order valence-electron chi connectivity index (χ1n) is 5.80. The molecule has 0 saturated carbocycles. The molecule has 14 heavy (non-hydrogen) atoms. The fourth-order valence-electron chi connectivity index (χ4n) is 2.11. The van der Waals surface area contributed by atoms with Crippen molar-refractivity contribution in [2.75, 3.05) is 32.8 Å². The molecule has 0 bridgehead atoms. The number of nitrogens with zero attached hydrogens (tertiary/aromatic N) is 1. The average Bonchev–Trinajstić information content (AvgIpc) is 2.18. The van der Waals surface area contributed by atoms with Crippen molar-refractivity contribution < 1.29 is 4.74 Å². The minimum absolute atomic E-state index is 0.262. The van der Waals surface area contributed by atoms with Crippen LogP contribution in [0.5, 0.6) is 0 Å². The van der Waals surface area contributed by atoms with Gasteiger partial charge in [0, 0.05) is 26.2 Å². The van der Waals surface area contributed by atoms with Crippen LogP contribution in [-0.2, 0) is 4.74 Å². The summed E-state index contributed by atoms with van der Waals surface area (Å²) < 4.78 is 5.53. The molecule has 1 aliphatic rings. The first kappa shape index (κ1) is 12.0. The Morgan fingerprint density at radius 1 is 1.57 bits per heavy atom. The Morgan fingerprint density at radius 2 is 2.36 bits per heavy atom. The third-order valence-corrected chi connectivity index (χ3v) is 2.84. The minimum atomic E-state index is 0.262. The smallest absolute Gasteiger partial charge is 0.0824 e. The molecule has 0 aliphatic carbocycles. The summed E-state index contributed by atoms with van der Waals surface area (Å²) in [6, 6.07) is 0. The Labute approximate surface area is 87.6 Å². The maximum absolute atomic E-state index is 5.60. The molecule has 0 aromatic heterocycles. The lowest BCUT2D eigenvalue weighted by atomic mass is 10.1. The average molecular weight is 200 g/mol. The third-order valence-electron chi connectivity index (χ3n) is 2.84. The minimum Gasteiger partial charge on any atom is -0.374 e. The fraction of sp³-hybridized carbons (Fsp3) is 1.00. The van der Waals surface area contributed by atoms with Gasteiger partial charge in [-0.1, -0.05) is 20.3 Å².